The Morgan fingerprint density at radius 3 is 2.43 bits per heavy atom. The lowest BCUT2D eigenvalue weighted by Gasteiger charge is -2.16. The molecule has 2 aromatic heterocycles. The standard InChI is InChI=1S/C22H14ClF3N2O2/c23-13-3-5-15(18(25)8-13)21-20(17(11-29)12-2-1-7-27-10-12)22(30-28-21)16-6-4-14(24)9-19(16)26/h1-10,17,29H,11H2. The maximum atomic E-state index is 14.7. The van der Waals surface area contributed by atoms with Crippen LogP contribution in [0.3, 0.4) is 0 Å². The lowest BCUT2D eigenvalue weighted by Crippen LogP contribution is -2.09. The molecular formula is C22H14ClF3N2O2. The summed E-state index contributed by atoms with van der Waals surface area (Å²) >= 11 is 5.85. The van der Waals surface area contributed by atoms with Gasteiger partial charge in [0.25, 0.3) is 0 Å². The molecule has 0 spiro atoms. The monoisotopic (exact) mass is 430 g/mol. The molecule has 0 amide bonds. The van der Waals surface area contributed by atoms with Gasteiger partial charge in [0.15, 0.2) is 5.76 Å². The molecule has 8 heteroatoms. The molecule has 0 radical (unpaired) electrons. The van der Waals surface area contributed by atoms with Crippen LogP contribution in [0.25, 0.3) is 22.6 Å². The number of halogens is 4. The average molecular weight is 431 g/mol. The molecule has 0 saturated carbocycles. The van der Waals surface area contributed by atoms with Crippen LogP contribution in [0.4, 0.5) is 13.2 Å². The maximum absolute atomic E-state index is 14.7. The number of aliphatic hydroxyl groups excluding tert-OH is 1. The van der Waals surface area contributed by atoms with Gasteiger partial charge in [0.1, 0.15) is 23.1 Å². The first-order valence-corrected chi connectivity index (χ1v) is 9.28. The predicted octanol–water partition coefficient (Wildman–Crippen LogP) is 5.60. The third-order valence-electron chi connectivity index (χ3n) is 4.71. The quantitative estimate of drug-likeness (QED) is 0.448. The Balaban J connectivity index is 1.99. The van der Waals surface area contributed by atoms with Gasteiger partial charge in [-0.1, -0.05) is 22.8 Å². The van der Waals surface area contributed by atoms with Gasteiger partial charge in [0.2, 0.25) is 0 Å². The van der Waals surface area contributed by atoms with Crippen LogP contribution < -0.4 is 0 Å². The molecule has 4 rings (SSSR count). The molecule has 30 heavy (non-hydrogen) atoms. The smallest absolute Gasteiger partial charge is 0.174 e. The molecule has 4 aromatic rings. The summed E-state index contributed by atoms with van der Waals surface area (Å²) in [5, 5.41) is 14.3. The zero-order chi connectivity index (χ0) is 21.3. The normalized spacial score (nSPS) is 12.2. The molecule has 1 N–H and O–H groups in total. The number of aliphatic hydroxyl groups is 1. The van der Waals surface area contributed by atoms with Gasteiger partial charge in [-0.05, 0) is 42.0 Å². The molecule has 0 aliphatic heterocycles. The second-order valence-electron chi connectivity index (χ2n) is 6.54. The highest BCUT2D eigenvalue weighted by atomic mass is 35.5. The van der Waals surface area contributed by atoms with Gasteiger partial charge in [-0.15, -0.1) is 0 Å². The first kappa shape index (κ1) is 20.1. The molecule has 152 valence electrons. The van der Waals surface area contributed by atoms with E-state index in [1.807, 2.05) is 0 Å². The van der Waals surface area contributed by atoms with Gasteiger partial charge in [-0.2, -0.15) is 0 Å². The molecule has 2 aromatic carbocycles. The van der Waals surface area contributed by atoms with Crippen LogP contribution >= 0.6 is 11.6 Å². The summed E-state index contributed by atoms with van der Waals surface area (Å²) in [5.41, 5.74) is 0.904. The van der Waals surface area contributed by atoms with Crippen molar-refractivity contribution in [3.63, 3.8) is 0 Å². The van der Waals surface area contributed by atoms with E-state index in [4.69, 9.17) is 16.1 Å². The van der Waals surface area contributed by atoms with Crippen molar-refractivity contribution in [3.05, 3.63) is 94.5 Å². The van der Waals surface area contributed by atoms with E-state index in [9.17, 15) is 18.3 Å². The van der Waals surface area contributed by atoms with E-state index in [0.29, 0.717) is 11.6 Å². The van der Waals surface area contributed by atoms with Crippen LogP contribution in [0.5, 0.6) is 0 Å². The van der Waals surface area contributed by atoms with Crippen LogP contribution in [0.15, 0.2) is 65.4 Å². The van der Waals surface area contributed by atoms with E-state index in [1.165, 1.54) is 24.4 Å². The Hall–Kier alpha value is -3.16. The summed E-state index contributed by atoms with van der Waals surface area (Å²) in [5.74, 6) is -3.09. The maximum Gasteiger partial charge on any atom is 0.174 e. The van der Waals surface area contributed by atoms with Crippen LogP contribution in [-0.4, -0.2) is 21.9 Å². The summed E-state index contributed by atoms with van der Waals surface area (Å²) in [4.78, 5) is 4.05. The second kappa shape index (κ2) is 8.30. The Kier molecular flexibility index (Phi) is 5.57. The molecule has 1 unspecified atom stereocenters. The predicted molar refractivity (Wildman–Crippen MR) is 105 cm³/mol. The zero-order valence-electron chi connectivity index (χ0n) is 15.3. The van der Waals surface area contributed by atoms with Gasteiger partial charge >= 0.3 is 0 Å². The van der Waals surface area contributed by atoms with Gasteiger partial charge < -0.3 is 9.63 Å². The minimum atomic E-state index is -0.876. The van der Waals surface area contributed by atoms with E-state index in [2.05, 4.69) is 10.1 Å². The van der Waals surface area contributed by atoms with Crippen molar-refractivity contribution in [2.75, 3.05) is 6.61 Å². The highest BCUT2D eigenvalue weighted by Crippen LogP contribution is 2.41. The van der Waals surface area contributed by atoms with Crippen molar-refractivity contribution >= 4 is 11.6 Å². The van der Waals surface area contributed by atoms with Crippen molar-refractivity contribution in [1.29, 1.82) is 0 Å². The minimum absolute atomic E-state index is 0.0419. The van der Waals surface area contributed by atoms with Gasteiger partial charge in [-0.3, -0.25) is 4.98 Å². The van der Waals surface area contributed by atoms with Crippen LogP contribution in [-0.2, 0) is 0 Å². The van der Waals surface area contributed by atoms with Crippen molar-refractivity contribution in [3.8, 4) is 22.6 Å². The highest BCUT2D eigenvalue weighted by molar-refractivity contribution is 6.30. The fourth-order valence-electron chi connectivity index (χ4n) is 3.31. The number of pyridine rings is 1. The van der Waals surface area contributed by atoms with E-state index in [1.54, 1.807) is 18.3 Å². The number of aromatic nitrogens is 2. The first-order chi connectivity index (χ1) is 14.5. The van der Waals surface area contributed by atoms with E-state index < -0.39 is 30.0 Å². The lowest BCUT2D eigenvalue weighted by atomic mass is 9.87. The van der Waals surface area contributed by atoms with Gasteiger partial charge in [-0.25, -0.2) is 13.2 Å². The molecule has 0 aliphatic carbocycles. The Morgan fingerprint density at radius 2 is 1.77 bits per heavy atom. The number of rotatable bonds is 5. The molecule has 0 bridgehead atoms. The number of benzene rings is 2. The first-order valence-electron chi connectivity index (χ1n) is 8.90. The molecule has 0 saturated heterocycles. The highest BCUT2D eigenvalue weighted by Gasteiger charge is 2.30. The van der Waals surface area contributed by atoms with E-state index >= 15 is 0 Å². The third-order valence-corrected chi connectivity index (χ3v) is 4.94. The molecule has 4 nitrogen and oxygen atoms in total. The molecule has 1 atom stereocenters. The SMILES string of the molecule is OCC(c1cccnc1)c1c(-c2ccc(Cl)cc2F)noc1-c1ccc(F)cc1F. The zero-order valence-corrected chi connectivity index (χ0v) is 16.1. The molecule has 0 aliphatic rings. The van der Waals surface area contributed by atoms with Gasteiger partial charge in [0, 0.05) is 40.5 Å². The minimum Gasteiger partial charge on any atom is -0.395 e. The van der Waals surface area contributed by atoms with Gasteiger partial charge in [0.05, 0.1) is 12.2 Å². The lowest BCUT2D eigenvalue weighted by molar-refractivity contribution is 0.280. The molecule has 0 fully saturated rings. The number of hydrogen-bond donors (Lipinski definition) is 1. The van der Waals surface area contributed by atoms with E-state index in [0.717, 1.165) is 12.1 Å². The third kappa shape index (κ3) is 3.69. The fraction of sp³-hybridized carbons (Fsp3) is 0.0909. The van der Waals surface area contributed by atoms with Crippen molar-refractivity contribution in [1.82, 2.24) is 10.1 Å². The summed E-state index contributed by atoms with van der Waals surface area (Å²) in [6.45, 7) is -0.412. The second-order valence-corrected chi connectivity index (χ2v) is 6.98. The molecular weight excluding hydrogens is 417 g/mol. The number of hydrogen-bond acceptors (Lipinski definition) is 4. The van der Waals surface area contributed by atoms with Crippen molar-refractivity contribution in [2.24, 2.45) is 0 Å². The Bertz CT molecular complexity index is 1130. The molecule has 2 heterocycles. The largest absolute Gasteiger partial charge is 0.395 e. The Morgan fingerprint density at radius 1 is 1.00 bits per heavy atom. The van der Waals surface area contributed by atoms with Crippen LogP contribution in [0.1, 0.15) is 17.0 Å². The fourth-order valence-corrected chi connectivity index (χ4v) is 3.47. The summed E-state index contributed by atoms with van der Waals surface area (Å²) in [6, 6.07) is 10.4. The Labute approximate surface area is 174 Å². The van der Waals surface area contributed by atoms with Crippen LogP contribution in [0.2, 0.25) is 5.02 Å². The summed E-state index contributed by atoms with van der Waals surface area (Å²) in [6.07, 6.45) is 3.09. The van der Waals surface area contributed by atoms with Crippen molar-refractivity contribution in [2.45, 2.75) is 5.92 Å². The van der Waals surface area contributed by atoms with E-state index in [-0.39, 0.29) is 33.2 Å². The summed E-state index contributed by atoms with van der Waals surface area (Å²) < 4.78 is 48.0. The van der Waals surface area contributed by atoms with Crippen LogP contribution in [0, 0.1) is 17.5 Å². The average Bonchev–Trinajstić information content (AvgIpc) is 3.14. The van der Waals surface area contributed by atoms with Crippen molar-refractivity contribution < 1.29 is 22.8 Å². The summed E-state index contributed by atoms with van der Waals surface area (Å²) in [7, 11) is 0. The number of nitrogens with zero attached hydrogens (tertiary/aromatic N) is 2. The topological polar surface area (TPSA) is 59.2 Å².